The lowest BCUT2D eigenvalue weighted by Gasteiger charge is -2.12. The maximum atomic E-state index is 15.0. The molecule has 4 rings (SSSR count). The summed E-state index contributed by atoms with van der Waals surface area (Å²) in [6.45, 7) is 2.51. The van der Waals surface area contributed by atoms with Gasteiger partial charge in [0, 0.05) is 30.6 Å². The zero-order chi connectivity index (χ0) is 20.9. The second kappa shape index (κ2) is 8.95. The number of aliphatic imine (C=N–C) groups is 1. The molecule has 0 spiro atoms. The molecule has 3 aromatic rings. The van der Waals surface area contributed by atoms with Gasteiger partial charge in [-0.3, -0.25) is 14.8 Å². The Balaban J connectivity index is 1.40. The Morgan fingerprint density at radius 1 is 1.17 bits per heavy atom. The highest BCUT2D eigenvalue weighted by Gasteiger charge is 2.25. The molecule has 0 amide bonds. The third-order valence-corrected chi connectivity index (χ3v) is 5.20. The molecule has 0 bridgehead atoms. The highest BCUT2D eigenvalue weighted by molar-refractivity contribution is 5.97. The second-order valence-electron chi connectivity index (χ2n) is 7.41. The summed E-state index contributed by atoms with van der Waals surface area (Å²) in [5, 5.41) is 0. The summed E-state index contributed by atoms with van der Waals surface area (Å²) in [6.07, 6.45) is 5.25. The Morgan fingerprint density at radius 3 is 2.70 bits per heavy atom. The lowest BCUT2D eigenvalue weighted by molar-refractivity contribution is -0.118. The van der Waals surface area contributed by atoms with Crippen LogP contribution in [0.3, 0.4) is 0 Å². The van der Waals surface area contributed by atoms with Crippen LogP contribution in [0.5, 0.6) is 0 Å². The molecule has 152 valence electrons. The first kappa shape index (κ1) is 19.9. The van der Waals surface area contributed by atoms with Gasteiger partial charge in [0.05, 0.1) is 24.2 Å². The van der Waals surface area contributed by atoms with Crippen LogP contribution >= 0.6 is 0 Å². The molecule has 1 atom stereocenters. The van der Waals surface area contributed by atoms with E-state index in [0.29, 0.717) is 30.1 Å². The molecular formula is C24H22FN3O2. The maximum absolute atomic E-state index is 15.0. The summed E-state index contributed by atoms with van der Waals surface area (Å²) < 4.78 is 20.7. The normalized spacial score (nSPS) is 13.5. The SMILES string of the molecule is C[C@@H](CC(=O)Cc1ncc2c(c1F)CN=C2OCc1ccncc1)c1ccccc1. The van der Waals surface area contributed by atoms with Gasteiger partial charge in [-0.15, -0.1) is 0 Å². The minimum absolute atomic E-state index is 0.0243. The van der Waals surface area contributed by atoms with Crippen LogP contribution < -0.4 is 0 Å². The number of carbonyl (C=O) groups excluding carboxylic acids is 1. The molecular weight excluding hydrogens is 381 g/mol. The van der Waals surface area contributed by atoms with Crippen LogP contribution in [0.4, 0.5) is 4.39 Å². The molecule has 0 N–H and O–H groups in total. The minimum Gasteiger partial charge on any atom is -0.473 e. The van der Waals surface area contributed by atoms with E-state index in [-0.39, 0.29) is 30.4 Å². The number of Topliss-reactive ketones (excluding diaryl/α,β-unsaturated/α-hetero) is 1. The van der Waals surface area contributed by atoms with Crippen molar-refractivity contribution >= 4 is 11.7 Å². The molecule has 3 heterocycles. The number of benzene rings is 1. The van der Waals surface area contributed by atoms with Crippen molar-refractivity contribution in [2.24, 2.45) is 4.99 Å². The van der Waals surface area contributed by atoms with Gasteiger partial charge in [-0.1, -0.05) is 37.3 Å². The number of aromatic nitrogens is 2. The van der Waals surface area contributed by atoms with E-state index in [1.165, 1.54) is 0 Å². The molecule has 1 aromatic carbocycles. The molecule has 2 aromatic heterocycles. The van der Waals surface area contributed by atoms with E-state index >= 15 is 0 Å². The van der Waals surface area contributed by atoms with Crippen LogP contribution in [0.2, 0.25) is 0 Å². The van der Waals surface area contributed by atoms with E-state index in [1.54, 1.807) is 18.6 Å². The van der Waals surface area contributed by atoms with E-state index in [2.05, 4.69) is 15.0 Å². The topological polar surface area (TPSA) is 64.4 Å². The Morgan fingerprint density at radius 2 is 1.93 bits per heavy atom. The first-order valence-electron chi connectivity index (χ1n) is 9.91. The summed E-state index contributed by atoms with van der Waals surface area (Å²) in [6, 6.07) is 13.5. The largest absolute Gasteiger partial charge is 0.473 e. The van der Waals surface area contributed by atoms with Crippen molar-refractivity contribution in [2.75, 3.05) is 0 Å². The first-order chi connectivity index (χ1) is 14.6. The number of halogens is 1. The van der Waals surface area contributed by atoms with Gasteiger partial charge in [-0.25, -0.2) is 9.38 Å². The molecule has 1 aliphatic rings. The van der Waals surface area contributed by atoms with Crippen LogP contribution in [0.1, 0.15) is 47.2 Å². The van der Waals surface area contributed by atoms with Gasteiger partial charge in [0.25, 0.3) is 0 Å². The van der Waals surface area contributed by atoms with Crippen molar-refractivity contribution in [3.05, 3.63) is 94.8 Å². The highest BCUT2D eigenvalue weighted by Crippen LogP contribution is 2.25. The number of hydrogen-bond acceptors (Lipinski definition) is 5. The van der Waals surface area contributed by atoms with E-state index in [4.69, 9.17) is 4.74 Å². The number of pyridine rings is 2. The quantitative estimate of drug-likeness (QED) is 0.587. The van der Waals surface area contributed by atoms with Crippen molar-refractivity contribution < 1.29 is 13.9 Å². The predicted molar refractivity (Wildman–Crippen MR) is 112 cm³/mol. The Labute approximate surface area is 174 Å². The van der Waals surface area contributed by atoms with Crippen LogP contribution in [-0.2, 0) is 29.1 Å². The number of nitrogens with zero attached hydrogens (tertiary/aromatic N) is 3. The lowest BCUT2D eigenvalue weighted by atomic mass is 9.94. The first-order valence-corrected chi connectivity index (χ1v) is 9.91. The van der Waals surface area contributed by atoms with Crippen LogP contribution in [0, 0.1) is 5.82 Å². The smallest absolute Gasteiger partial charge is 0.218 e. The summed E-state index contributed by atoms with van der Waals surface area (Å²) >= 11 is 0. The molecule has 0 unspecified atom stereocenters. The zero-order valence-electron chi connectivity index (χ0n) is 16.7. The van der Waals surface area contributed by atoms with Crippen LogP contribution in [-0.4, -0.2) is 21.6 Å². The third kappa shape index (κ3) is 4.43. The average molecular weight is 403 g/mol. The van der Waals surface area contributed by atoms with Crippen LogP contribution in [0.15, 0.2) is 66.0 Å². The summed E-state index contributed by atoms with van der Waals surface area (Å²) in [5.74, 6) is -0.0400. The van der Waals surface area contributed by atoms with Gasteiger partial charge in [0.2, 0.25) is 5.90 Å². The number of carbonyl (C=O) groups is 1. The van der Waals surface area contributed by atoms with Crippen molar-refractivity contribution in [3.8, 4) is 0 Å². The molecule has 0 aliphatic carbocycles. The zero-order valence-corrected chi connectivity index (χ0v) is 16.7. The standard InChI is InChI=1S/C24H22FN3O2/c1-16(18-5-3-2-4-6-18)11-19(29)12-22-23(25)20-13-28-24(21(20)14-27-22)30-15-17-7-9-26-10-8-17/h2-10,14,16H,11-13,15H2,1H3/t16-/m0/s1. The fourth-order valence-electron chi connectivity index (χ4n) is 3.52. The average Bonchev–Trinajstić information content (AvgIpc) is 3.19. The van der Waals surface area contributed by atoms with E-state index < -0.39 is 5.82 Å². The number of fused-ring (bicyclic) bond motifs is 1. The molecule has 1 aliphatic heterocycles. The van der Waals surface area contributed by atoms with Gasteiger partial charge < -0.3 is 4.74 Å². The van der Waals surface area contributed by atoms with Gasteiger partial charge >= 0.3 is 0 Å². The van der Waals surface area contributed by atoms with Gasteiger partial charge in [-0.2, -0.15) is 0 Å². The molecule has 6 heteroatoms. The van der Waals surface area contributed by atoms with Gasteiger partial charge in [-0.05, 0) is 29.2 Å². The number of ether oxygens (including phenoxy) is 1. The minimum atomic E-state index is -0.459. The maximum Gasteiger partial charge on any atom is 0.218 e. The van der Waals surface area contributed by atoms with Crippen molar-refractivity contribution in [1.82, 2.24) is 9.97 Å². The molecule has 0 fully saturated rings. The summed E-state index contributed by atoms with van der Waals surface area (Å²) in [7, 11) is 0. The van der Waals surface area contributed by atoms with Crippen molar-refractivity contribution in [2.45, 2.75) is 38.8 Å². The Kier molecular flexibility index (Phi) is 5.93. The number of rotatable bonds is 7. The van der Waals surface area contributed by atoms with Crippen molar-refractivity contribution in [3.63, 3.8) is 0 Å². The molecule has 30 heavy (non-hydrogen) atoms. The van der Waals surface area contributed by atoms with Gasteiger partial charge in [0.1, 0.15) is 12.4 Å². The summed E-state index contributed by atoms with van der Waals surface area (Å²) in [4.78, 5) is 25.0. The fourth-order valence-corrected chi connectivity index (χ4v) is 3.52. The van der Waals surface area contributed by atoms with E-state index in [0.717, 1.165) is 11.1 Å². The van der Waals surface area contributed by atoms with Crippen LogP contribution in [0.25, 0.3) is 0 Å². The van der Waals surface area contributed by atoms with Crippen molar-refractivity contribution in [1.29, 1.82) is 0 Å². The van der Waals surface area contributed by atoms with E-state index in [1.807, 2.05) is 49.4 Å². The Hall–Kier alpha value is -3.41. The monoisotopic (exact) mass is 403 g/mol. The van der Waals surface area contributed by atoms with Gasteiger partial charge in [0.15, 0.2) is 5.82 Å². The predicted octanol–water partition coefficient (Wildman–Crippen LogP) is 4.40. The summed E-state index contributed by atoms with van der Waals surface area (Å²) in [5.41, 5.74) is 3.20. The molecule has 5 nitrogen and oxygen atoms in total. The fraction of sp³-hybridized carbons (Fsp3) is 0.250. The molecule has 0 saturated heterocycles. The molecule has 0 radical (unpaired) electrons. The third-order valence-electron chi connectivity index (χ3n) is 5.20. The second-order valence-corrected chi connectivity index (χ2v) is 7.41. The highest BCUT2D eigenvalue weighted by atomic mass is 19.1. The lowest BCUT2D eigenvalue weighted by Crippen LogP contribution is -2.13. The Bertz CT molecular complexity index is 1070. The number of hydrogen-bond donors (Lipinski definition) is 0. The van der Waals surface area contributed by atoms with E-state index in [9.17, 15) is 9.18 Å². The number of ketones is 1. The molecule has 0 saturated carbocycles.